The van der Waals surface area contributed by atoms with E-state index in [0.717, 1.165) is 12.8 Å². The molecule has 0 aromatic heterocycles. The highest BCUT2D eigenvalue weighted by Gasteiger charge is 2.12. The molecule has 0 aliphatic heterocycles. The minimum Gasteiger partial charge on any atom is -0.465 e. The zero-order chi connectivity index (χ0) is 21.7. The molecule has 30 heavy (non-hydrogen) atoms. The molecule has 0 aliphatic carbocycles. The zero-order valence-electron chi connectivity index (χ0n) is 20.0. The van der Waals surface area contributed by atoms with Crippen molar-refractivity contribution in [1.29, 1.82) is 0 Å². The Morgan fingerprint density at radius 3 is 1.83 bits per heavy atom. The molecule has 0 heterocycles. The highest BCUT2D eigenvalue weighted by molar-refractivity contribution is 5.69. The van der Waals surface area contributed by atoms with E-state index in [1.165, 1.54) is 95.5 Å². The minimum atomic E-state index is -0.0122. The van der Waals surface area contributed by atoms with E-state index >= 15 is 0 Å². The van der Waals surface area contributed by atoms with Crippen molar-refractivity contribution in [3.8, 4) is 0 Å². The molecule has 0 atom stereocenters. The maximum atomic E-state index is 12.2. The molecule has 1 rings (SSSR count). The van der Waals surface area contributed by atoms with E-state index in [2.05, 4.69) is 38.1 Å². The third kappa shape index (κ3) is 15.5. The lowest BCUT2D eigenvalue weighted by molar-refractivity contribution is -0.145. The van der Waals surface area contributed by atoms with Gasteiger partial charge in [0.15, 0.2) is 0 Å². The lowest BCUT2D eigenvalue weighted by atomic mass is 9.94. The van der Waals surface area contributed by atoms with Gasteiger partial charge in [0.25, 0.3) is 0 Å². The van der Waals surface area contributed by atoms with Gasteiger partial charge in [-0.05, 0) is 37.2 Å². The van der Waals surface area contributed by atoms with E-state index < -0.39 is 0 Å². The van der Waals surface area contributed by atoms with E-state index in [0.29, 0.717) is 18.9 Å². The molecule has 0 radical (unpaired) electrons. The monoisotopic (exact) mass is 416 g/mol. The molecule has 2 nitrogen and oxygen atoms in total. The van der Waals surface area contributed by atoms with Gasteiger partial charge in [-0.15, -0.1) is 0 Å². The Morgan fingerprint density at radius 2 is 1.27 bits per heavy atom. The number of hydrogen-bond acceptors (Lipinski definition) is 2. The first-order valence-electron chi connectivity index (χ1n) is 13.0. The maximum Gasteiger partial charge on any atom is 0.305 e. The molecule has 172 valence electrons. The SMILES string of the molecule is CCCCCCCCC(CCCCCCCC)COC(=O)CCCc1ccccc1. The smallest absolute Gasteiger partial charge is 0.305 e. The number of esters is 1. The van der Waals surface area contributed by atoms with Crippen molar-refractivity contribution < 1.29 is 9.53 Å². The molecule has 2 heteroatoms. The molecule has 0 saturated carbocycles. The van der Waals surface area contributed by atoms with Crippen LogP contribution in [-0.2, 0) is 16.0 Å². The van der Waals surface area contributed by atoms with Gasteiger partial charge in [-0.2, -0.15) is 0 Å². The predicted molar refractivity (Wildman–Crippen MR) is 130 cm³/mol. The fourth-order valence-electron chi connectivity index (χ4n) is 4.10. The quantitative estimate of drug-likeness (QED) is 0.157. The Morgan fingerprint density at radius 1 is 0.733 bits per heavy atom. The van der Waals surface area contributed by atoms with Crippen LogP contribution < -0.4 is 0 Å². The lowest BCUT2D eigenvalue weighted by Crippen LogP contribution is -2.14. The van der Waals surface area contributed by atoms with Crippen LogP contribution in [0.1, 0.15) is 122 Å². The summed E-state index contributed by atoms with van der Waals surface area (Å²) in [6, 6.07) is 10.4. The van der Waals surface area contributed by atoms with Crippen LogP contribution >= 0.6 is 0 Å². The van der Waals surface area contributed by atoms with Crippen molar-refractivity contribution in [2.24, 2.45) is 5.92 Å². The number of carbonyl (C=O) groups is 1. The fourth-order valence-corrected chi connectivity index (χ4v) is 4.10. The van der Waals surface area contributed by atoms with Crippen molar-refractivity contribution in [2.45, 2.75) is 123 Å². The van der Waals surface area contributed by atoms with E-state index in [9.17, 15) is 4.79 Å². The Hall–Kier alpha value is -1.31. The first-order valence-corrected chi connectivity index (χ1v) is 13.0. The maximum absolute atomic E-state index is 12.2. The van der Waals surface area contributed by atoms with E-state index in [-0.39, 0.29) is 5.97 Å². The number of rotatable bonds is 20. The molecule has 0 aliphatic rings. The van der Waals surface area contributed by atoms with E-state index in [1.54, 1.807) is 0 Å². The largest absolute Gasteiger partial charge is 0.465 e. The average molecular weight is 417 g/mol. The van der Waals surface area contributed by atoms with Gasteiger partial charge >= 0.3 is 5.97 Å². The van der Waals surface area contributed by atoms with Crippen molar-refractivity contribution in [3.05, 3.63) is 35.9 Å². The summed E-state index contributed by atoms with van der Waals surface area (Å²) in [6.45, 7) is 5.17. The second-order valence-electron chi connectivity index (χ2n) is 9.00. The molecule has 0 N–H and O–H groups in total. The lowest BCUT2D eigenvalue weighted by Gasteiger charge is -2.17. The van der Waals surface area contributed by atoms with Gasteiger partial charge in [0.1, 0.15) is 0 Å². The summed E-state index contributed by atoms with van der Waals surface area (Å²) < 4.78 is 5.69. The molecule has 0 saturated heterocycles. The molecule has 0 amide bonds. The molecule has 0 fully saturated rings. The first kappa shape index (κ1) is 26.7. The first-order chi connectivity index (χ1) is 14.8. The number of unbranched alkanes of at least 4 members (excludes halogenated alkanes) is 10. The Labute approximate surface area is 187 Å². The van der Waals surface area contributed by atoms with Gasteiger partial charge in [-0.1, -0.05) is 121 Å². The summed E-state index contributed by atoms with van der Waals surface area (Å²) in [5, 5.41) is 0. The van der Waals surface area contributed by atoms with Gasteiger partial charge in [0.2, 0.25) is 0 Å². The summed E-state index contributed by atoms with van der Waals surface area (Å²) in [7, 11) is 0. The molecular formula is C28H48O2. The summed E-state index contributed by atoms with van der Waals surface area (Å²) in [5.74, 6) is 0.544. The van der Waals surface area contributed by atoms with Crippen LogP contribution in [0, 0.1) is 5.92 Å². The van der Waals surface area contributed by atoms with Crippen LogP contribution in [0.25, 0.3) is 0 Å². The molecular weight excluding hydrogens is 368 g/mol. The van der Waals surface area contributed by atoms with Gasteiger partial charge in [-0.25, -0.2) is 0 Å². The van der Waals surface area contributed by atoms with Crippen LogP contribution in [0.15, 0.2) is 30.3 Å². The standard InChI is InChI=1S/C28H48O2/c1-3-5-7-9-11-14-21-27(22-15-12-10-8-6-4-2)25-30-28(29)24-18-23-26-19-16-13-17-20-26/h13,16-17,19-20,27H,3-12,14-15,18,21-25H2,1-2H3. The van der Waals surface area contributed by atoms with Crippen LogP contribution in [0.3, 0.4) is 0 Å². The predicted octanol–water partition coefficient (Wildman–Crippen LogP) is 8.67. The highest BCUT2D eigenvalue weighted by atomic mass is 16.5. The number of hydrogen-bond donors (Lipinski definition) is 0. The van der Waals surface area contributed by atoms with Crippen LogP contribution in [0.4, 0.5) is 0 Å². The minimum absolute atomic E-state index is 0.0122. The second kappa shape index (κ2) is 19.6. The van der Waals surface area contributed by atoms with Crippen molar-refractivity contribution in [3.63, 3.8) is 0 Å². The number of ether oxygens (including phenoxy) is 1. The van der Waals surface area contributed by atoms with Crippen LogP contribution in [-0.4, -0.2) is 12.6 Å². The topological polar surface area (TPSA) is 26.3 Å². The van der Waals surface area contributed by atoms with E-state index in [1.807, 2.05) is 6.07 Å². The highest BCUT2D eigenvalue weighted by Crippen LogP contribution is 2.20. The van der Waals surface area contributed by atoms with Gasteiger partial charge in [0.05, 0.1) is 6.61 Å². The number of carbonyl (C=O) groups excluding carboxylic acids is 1. The molecule has 0 bridgehead atoms. The van der Waals surface area contributed by atoms with Crippen LogP contribution in [0.5, 0.6) is 0 Å². The van der Waals surface area contributed by atoms with E-state index in [4.69, 9.17) is 4.74 Å². The van der Waals surface area contributed by atoms with Gasteiger partial charge in [-0.3, -0.25) is 4.79 Å². The van der Waals surface area contributed by atoms with Gasteiger partial charge < -0.3 is 4.74 Å². The zero-order valence-corrected chi connectivity index (χ0v) is 20.0. The summed E-state index contributed by atoms with van der Waals surface area (Å²) in [6.07, 6.45) is 20.8. The van der Waals surface area contributed by atoms with Crippen molar-refractivity contribution in [1.82, 2.24) is 0 Å². The number of aryl methyl sites for hydroxylation is 1. The number of benzene rings is 1. The third-order valence-electron chi connectivity index (χ3n) is 6.10. The summed E-state index contributed by atoms with van der Waals surface area (Å²) in [5.41, 5.74) is 1.30. The third-order valence-corrected chi connectivity index (χ3v) is 6.10. The Balaban J connectivity index is 2.23. The van der Waals surface area contributed by atoms with Crippen LogP contribution in [0.2, 0.25) is 0 Å². The Bertz CT molecular complexity index is 481. The average Bonchev–Trinajstić information content (AvgIpc) is 2.77. The summed E-state index contributed by atoms with van der Waals surface area (Å²) >= 11 is 0. The van der Waals surface area contributed by atoms with Gasteiger partial charge in [0, 0.05) is 6.42 Å². The Kier molecular flexibility index (Phi) is 17.5. The molecule has 1 aromatic carbocycles. The van der Waals surface area contributed by atoms with Crippen molar-refractivity contribution in [2.75, 3.05) is 6.61 Å². The molecule has 1 aromatic rings. The normalized spacial score (nSPS) is 11.2. The molecule has 0 unspecified atom stereocenters. The molecule has 0 spiro atoms. The second-order valence-corrected chi connectivity index (χ2v) is 9.00. The summed E-state index contributed by atoms with van der Waals surface area (Å²) in [4.78, 5) is 12.2. The fraction of sp³-hybridized carbons (Fsp3) is 0.750. The van der Waals surface area contributed by atoms with Crippen molar-refractivity contribution >= 4 is 5.97 Å².